The first kappa shape index (κ1) is 24.4. The maximum atomic E-state index is 13.5. The lowest BCUT2D eigenvalue weighted by molar-refractivity contribution is 0.0745. The molecule has 0 aliphatic carbocycles. The topological polar surface area (TPSA) is 92.9 Å². The van der Waals surface area contributed by atoms with Crippen LogP contribution in [0.1, 0.15) is 10.4 Å². The smallest absolute Gasteiger partial charge is 0.253 e. The van der Waals surface area contributed by atoms with Gasteiger partial charge in [0.2, 0.25) is 26.6 Å². The lowest BCUT2D eigenvalue weighted by Crippen LogP contribution is -2.49. The van der Waals surface area contributed by atoms with Crippen LogP contribution in [0.2, 0.25) is 5.02 Å². The van der Waals surface area contributed by atoms with E-state index in [1.165, 1.54) is 35.6 Å². The van der Waals surface area contributed by atoms with E-state index in [9.17, 15) is 13.2 Å². The third-order valence-electron chi connectivity index (χ3n) is 5.88. The molecule has 2 aromatic heterocycles. The summed E-state index contributed by atoms with van der Waals surface area (Å²) < 4.78 is 38.3. The van der Waals surface area contributed by atoms with E-state index in [-0.39, 0.29) is 27.6 Å². The van der Waals surface area contributed by atoms with Gasteiger partial charge >= 0.3 is 0 Å². The molecule has 0 saturated carbocycles. The summed E-state index contributed by atoms with van der Waals surface area (Å²) in [6, 6.07) is 16.6. The van der Waals surface area contributed by atoms with Gasteiger partial charge in [0.1, 0.15) is 5.75 Å². The number of oxazole rings is 1. The van der Waals surface area contributed by atoms with Crippen LogP contribution in [0.15, 0.2) is 80.4 Å². The van der Waals surface area contributed by atoms with Crippen LogP contribution in [-0.2, 0) is 9.84 Å². The van der Waals surface area contributed by atoms with Crippen molar-refractivity contribution in [1.82, 2.24) is 9.88 Å². The molecule has 1 aliphatic rings. The van der Waals surface area contributed by atoms with Gasteiger partial charge in [-0.15, -0.1) is 11.3 Å². The van der Waals surface area contributed by atoms with Gasteiger partial charge in [-0.25, -0.2) is 8.42 Å². The Balaban J connectivity index is 1.42. The van der Waals surface area contributed by atoms with Gasteiger partial charge in [-0.2, -0.15) is 4.98 Å². The number of nitrogens with zero attached hydrogens (tertiary/aromatic N) is 3. The van der Waals surface area contributed by atoms with Gasteiger partial charge in [-0.3, -0.25) is 4.79 Å². The van der Waals surface area contributed by atoms with Crippen LogP contribution in [0.5, 0.6) is 5.75 Å². The number of aromatic nitrogens is 1. The van der Waals surface area contributed by atoms with Crippen LogP contribution < -0.4 is 9.64 Å². The first-order chi connectivity index (χ1) is 17.4. The summed E-state index contributed by atoms with van der Waals surface area (Å²) in [6.07, 6.45) is 0. The molecule has 0 spiro atoms. The van der Waals surface area contributed by atoms with Crippen molar-refractivity contribution in [2.24, 2.45) is 0 Å². The fourth-order valence-corrected chi connectivity index (χ4v) is 6.03. The fraction of sp³-hybridized carbons (Fsp3) is 0.200. The van der Waals surface area contributed by atoms with Crippen molar-refractivity contribution >= 4 is 44.6 Å². The maximum absolute atomic E-state index is 13.5. The van der Waals surface area contributed by atoms with Gasteiger partial charge in [-0.1, -0.05) is 17.7 Å². The Hall–Kier alpha value is -3.34. The van der Waals surface area contributed by atoms with Gasteiger partial charge in [0.25, 0.3) is 5.91 Å². The molecular formula is C25H22ClN3O5S2. The zero-order chi connectivity index (χ0) is 25.3. The molecule has 1 amide bonds. The highest BCUT2D eigenvalue weighted by molar-refractivity contribution is 7.91. The second-order valence-electron chi connectivity index (χ2n) is 8.07. The molecule has 0 unspecified atom stereocenters. The third-order valence-corrected chi connectivity index (χ3v) is 8.66. The summed E-state index contributed by atoms with van der Waals surface area (Å²) in [5.74, 6) is 0.995. The van der Waals surface area contributed by atoms with E-state index >= 15 is 0 Å². The van der Waals surface area contributed by atoms with Crippen LogP contribution in [0.3, 0.4) is 0 Å². The molecule has 4 aromatic rings. The van der Waals surface area contributed by atoms with E-state index < -0.39 is 9.84 Å². The van der Waals surface area contributed by atoms with Crippen LogP contribution in [0, 0.1) is 0 Å². The number of sulfone groups is 1. The average molecular weight is 544 g/mol. The summed E-state index contributed by atoms with van der Waals surface area (Å²) >= 11 is 7.37. The zero-order valence-electron chi connectivity index (χ0n) is 19.3. The molecule has 3 heterocycles. The van der Waals surface area contributed by atoms with E-state index in [0.29, 0.717) is 42.5 Å². The SMILES string of the molecule is COc1ccc(C(=O)N2CCN(c3oc(-c4cccs4)nc3S(=O)(=O)c3ccc(Cl)cc3)CC2)cc1. The van der Waals surface area contributed by atoms with Crippen LogP contribution >= 0.6 is 22.9 Å². The number of hydrogen-bond acceptors (Lipinski definition) is 8. The molecule has 1 fully saturated rings. The van der Waals surface area contributed by atoms with Crippen molar-refractivity contribution in [3.05, 3.63) is 76.6 Å². The van der Waals surface area contributed by atoms with E-state index in [0.717, 1.165) is 4.88 Å². The van der Waals surface area contributed by atoms with E-state index in [4.69, 9.17) is 20.8 Å². The van der Waals surface area contributed by atoms with Gasteiger partial charge < -0.3 is 19.0 Å². The first-order valence-corrected chi connectivity index (χ1v) is 13.8. The number of carbonyl (C=O) groups is 1. The number of thiophene rings is 1. The largest absolute Gasteiger partial charge is 0.497 e. The predicted molar refractivity (Wildman–Crippen MR) is 138 cm³/mol. The van der Waals surface area contributed by atoms with Crippen molar-refractivity contribution < 1.29 is 22.4 Å². The predicted octanol–water partition coefficient (Wildman–Crippen LogP) is 4.86. The second kappa shape index (κ2) is 9.96. The van der Waals surface area contributed by atoms with Crippen LogP contribution in [0.25, 0.3) is 10.8 Å². The van der Waals surface area contributed by atoms with Crippen LogP contribution in [-0.4, -0.2) is 57.5 Å². The molecular weight excluding hydrogens is 522 g/mol. The number of rotatable bonds is 6. The first-order valence-electron chi connectivity index (χ1n) is 11.1. The summed E-state index contributed by atoms with van der Waals surface area (Å²) in [6.45, 7) is 1.59. The number of ether oxygens (including phenoxy) is 1. The molecule has 5 rings (SSSR count). The highest BCUT2D eigenvalue weighted by atomic mass is 35.5. The molecule has 2 aromatic carbocycles. The number of methoxy groups -OCH3 is 1. The quantitative estimate of drug-likeness (QED) is 0.343. The summed E-state index contributed by atoms with van der Waals surface area (Å²) in [5.41, 5.74) is 0.565. The number of amides is 1. The molecule has 1 saturated heterocycles. The van der Waals surface area contributed by atoms with E-state index in [2.05, 4.69) is 4.98 Å². The molecule has 0 atom stereocenters. The fourth-order valence-electron chi connectivity index (χ4n) is 3.93. The normalized spacial score (nSPS) is 14.2. The number of benzene rings is 2. The summed E-state index contributed by atoms with van der Waals surface area (Å²) in [7, 11) is -2.40. The average Bonchev–Trinajstić information content (AvgIpc) is 3.60. The minimum atomic E-state index is -3.98. The Morgan fingerprint density at radius 1 is 1.03 bits per heavy atom. The number of hydrogen-bond donors (Lipinski definition) is 0. The van der Waals surface area contributed by atoms with Gasteiger partial charge in [0.15, 0.2) is 0 Å². The third kappa shape index (κ3) is 4.71. The Bertz CT molecular complexity index is 1460. The lowest BCUT2D eigenvalue weighted by Gasteiger charge is -2.34. The molecule has 11 heteroatoms. The van der Waals surface area contributed by atoms with Crippen molar-refractivity contribution in [3.63, 3.8) is 0 Å². The minimum Gasteiger partial charge on any atom is -0.497 e. The second-order valence-corrected chi connectivity index (χ2v) is 11.3. The van der Waals surface area contributed by atoms with Crippen molar-refractivity contribution in [1.29, 1.82) is 0 Å². The number of halogens is 1. The Labute approximate surface area is 217 Å². The number of anilines is 1. The molecule has 8 nitrogen and oxygen atoms in total. The molecule has 0 radical (unpaired) electrons. The lowest BCUT2D eigenvalue weighted by atomic mass is 10.1. The molecule has 0 bridgehead atoms. The van der Waals surface area contributed by atoms with E-state index in [1.54, 1.807) is 36.3 Å². The van der Waals surface area contributed by atoms with Crippen molar-refractivity contribution in [3.8, 4) is 16.5 Å². The zero-order valence-corrected chi connectivity index (χ0v) is 21.6. The summed E-state index contributed by atoms with van der Waals surface area (Å²) in [4.78, 5) is 21.7. The summed E-state index contributed by atoms with van der Waals surface area (Å²) in [5, 5.41) is 2.16. The monoisotopic (exact) mass is 543 g/mol. The number of carbonyl (C=O) groups excluding carboxylic acids is 1. The Morgan fingerprint density at radius 3 is 2.33 bits per heavy atom. The molecule has 186 valence electrons. The standard InChI is InChI=1S/C25H22ClN3O5S2/c1-33-19-8-4-17(5-9-19)24(30)28-12-14-29(15-13-28)25-23(27-22(34-25)21-3-2-16-35-21)36(31,32)20-10-6-18(26)7-11-20/h2-11,16H,12-15H2,1H3. The molecule has 0 N–H and O–H groups in total. The molecule has 36 heavy (non-hydrogen) atoms. The van der Waals surface area contributed by atoms with Crippen molar-refractivity contribution in [2.45, 2.75) is 9.92 Å². The Kier molecular flexibility index (Phi) is 6.74. The van der Waals surface area contributed by atoms with Crippen LogP contribution in [0.4, 0.5) is 5.88 Å². The highest BCUT2D eigenvalue weighted by Crippen LogP contribution is 2.36. The van der Waals surface area contributed by atoms with E-state index in [1.807, 2.05) is 22.4 Å². The number of piperazine rings is 1. The van der Waals surface area contributed by atoms with Gasteiger partial charge in [0.05, 0.1) is 16.9 Å². The molecule has 1 aliphatic heterocycles. The van der Waals surface area contributed by atoms with Gasteiger partial charge in [-0.05, 0) is 60.0 Å². The highest BCUT2D eigenvalue weighted by Gasteiger charge is 2.33. The maximum Gasteiger partial charge on any atom is 0.253 e. The Morgan fingerprint density at radius 2 is 1.72 bits per heavy atom. The minimum absolute atomic E-state index is 0.0764. The van der Waals surface area contributed by atoms with Gasteiger partial charge in [0, 0.05) is 36.8 Å². The van der Waals surface area contributed by atoms with Crippen molar-refractivity contribution in [2.75, 3.05) is 38.2 Å².